The van der Waals surface area contributed by atoms with Gasteiger partial charge in [0.1, 0.15) is 0 Å². The van der Waals surface area contributed by atoms with E-state index in [1.807, 2.05) is 0 Å². The fraction of sp³-hybridized carbons (Fsp3) is 1.00. The van der Waals surface area contributed by atoms with Gasteiger partial charge in [-0.1, -0.05) is 26.7 Å². The van der Waals surface area contributed by atoms with Gasteiger partial charge in [-0.25, -0.2) is 0 Å². The number of hydrogen-bond donors (Lipinski definition) is 1. The molecule has 4 nitrogen and oxygen atoms in total. The van der Waals surface area contributed by atoms with Crippen molar-refractivity contribution >= 4 is 0 Å². The van der Waals surface area contributed by atoms with E-state index in [1.165, 1.54) is 32.1 Å². The highest BCUT2D eigenvalue weighted by molar-refractivity contribution is 5.00. The van der Waals surface area contributed by atoms with Crippen molar-refractivity contribution in [2.75, 3.05) is 33.9 Å². The van der Waals surface area contributed by atoms with Gasteiger partial charge in [-0.2, -0.15) is 0 Å². The summed E-state index contributed by atoms with van der Waals surface area (Å²) in [7, 11) is 3.58. The molecule has 0 amide bonds. The Morgan fingerprint density at radius 1 is 1.10 bits per heavy atom. The van der Waals surface area contributed by atoms with Crippen molar-refractivity contribution in [1.82, 2.24) is 4.90 Å². The number of nitrogens with two attached hydrogens (primary N) is 1. The maximum Gasteiger partial charge on any atom is 0.0972 e. The third-order valence-electron chi connectivity index (χ3n) is 6.01. The van der Waals surface area contributed by atoms with Crippen LogP contribution in [0.15, 0.2) is 0 Å². The maximum atomic E-state index is 6.26. The second-order valence-electron chi connectivity index (χ2n) is 7.32. The first kappa shape index (κ1) is 17.2. The average Bonchev–Trinajstić information content (AvgIpc) is 2.79. The molecule has 2 fully saturated rings. The molecule has 0 bridgehead atoms. The lowest BCUT2D eigenvalue weighted by Crippen LogP contribution is -2.53. The van der Waals surface area contributed by atoms with E-state index >= 15 is 0 Å². The summed E-state index contributed by atoms with van der Waals surface area (Å²) in [6, 6.07) is 0. The van der Waals surface area contributed by atoms with Gasteiger partial charge in [0, 0.05) is 39.4 Å². The third-order valence-corrected chi connectivity index (χ3v) is 6.01. The molecular weight excluding hydrogens is 264 g/mol. The van der Waals surface area contributed by atoms with E-state index in [0.29, 0.717) is 0 Å². The van der Waals surface area contributed by atoms with Crippen LogP contribution in [-0.4, -0.2) is 56.5 Å². The molecule has 21 heavy (non-hydrogen) atoms. The fourth-order valence-electron chi connectivity index (χ4n) is 4.32. The first-order valence-corrected chi connectivity index (χ1v) is 8.57. The summed E-state index contributed by atoms with van der Waals surface area (Å²) in [5.74, 6) is 1.65. The van der Waals surface area contributed by atoms with Gasteiger partial charge >= 0.3 is 0 Å². The van der Waals surface area contributed by atoms with E-state index < -0.39 is 0 Å². The van der Waals surface area contributed by atoms with Crippen molar-refractivity contribution < 1.29 is 9.47 Å². The van der Waals surface area contributed by atoms with E-state index in [9.17, 15) is 0 Å². The summed E-state index contributed by atoms with van der Waals surface area (Å²) >= 11 is 0. The predicted molar refractivity (Wildman–Crippen MR) is 86.4 cm³/mol. The van der Waals surface area contributed by atoms with Crippen molar-refractivity contribution in [3.05, 3.63) is 0 Å². The molecule has 1 heterocycles. The molecule has 1 saturated carbocycles. The second kappa shape index (κ2) is 7.40. The molecule has 0 radical (unpaired) electrons. The standard InChI is InChI=1S/C17H34N2O2/c1-13(2)14-6-5-8-17(12-18,9-7-14)19-10-15(20-3)16(11-19)21-4/h13-16H,5-12,18H2,1-4H3. The topological polar surface area (TPSA) is 47.7 Å². The summed E-state index contributed by atoms with van der Waals surface area (Å²) in [5, 5.41) is 0. The summed E-state index contributed by atoms with van der Waals surface area (Å²) < 4.78 is 11.2. The fourth-order valence-corrected chi connectivity index (χ4v) is 4.32. The van der Waals surface area contributed by atoms with Gasteiger partial charge in [-0.3, -0.25) is 4.90 Å². The zero-order valence-corrected chi connectivity index (χ0v) is 14.3. The zero-order chi connectivity index (χ0) is 15.5. The zero-order valence-electron chi connectivity index (χ0n) is 14.3. The molecule has 124 valence electrons. The lowest BCUT2D eigenvalue weighted by Gasteiger charge is -2.41. The molecule has 4 atom stereocenters. The van der Waals surface area contributed by atoms with E-state index in [2.05, 4.69) is 18.7 Å². The lowest BCUT2D eigenvalue weighted by molar-refractivity contribution is -0.00461. The summed E-state index contributed by atoms with van der Waals surface area (Å²) in [4.78, 5) is 2.57. The third kappa shape index (κ3) is 3.61. The second-order valence-corrected chi connectivity index (χ2v) is 7.32. The Kier molecular flexibility index (Phi) is 6.06. The van der Waals surface area contributed by atoms with Gasteiger partial charge < -0.3 is 15.2 Å². The Morgan fingerprint density at radius 3 is 2.19 bits per heavy atom. The van der Waals surface area contributed by atoms with Crippen LogP contribution in [0.1, 0.15) is 46.0 Å². The first-order valence-electron chi connectivity index (χ1n) is 8.57. The number of hydrogen-bond acceptors (Lipinski definition) is 4. The van der Waals surface area contributed by atoms with Crippen LogP contribution in [0.25, 0.3) is 0 Å². The quantitative estimate of drug-likeness (QED) is 0.791. The number of nitrogens with zero attached hydrogens (tertiary/aromatic N) is 1. The van der Waals surface area contributed by atoms with E-state index in [4.69, 9.17) is 15.2 Å². The van der Waals surface area contributed by atoms with Crippen LogP contribution >= 0.6 is 0 Å². The van der Waals surface area contributed by atoms with Crippen LogP contribution in [0.5, 0.6) is 0 Å². The average molecular weight is 298 g/mol. The Hall–Kier alpha value is -0.160. The van der Waals surface area contributed by atoms with Crippen LogP contribution < -0.4 is 5.73 Å². The SMILES string of the molecule is COC1CN(C2(CN)CCCC(C(C)C)CC2)CC1OC. The molecule has 2 N–H and O–H groups in total. The Labute approximate surface area is 130 Å². The van der Waals surface area contributed by atoms with Gasteiger partial charge in [0.2, 0.25) is 0 Å². The number of methoxy groups -OCH3 is 2. The molecule has 1 aliphatic carbocycles. The highest BCUT2D eigenvalue weighted by Crippen LogP contribution is 2.39. The Morgan fingerprint density at radius 2 is 1.71 bits per heavy atom. The van der Waals surface area contributed by atoms with Crippen molar-refractivity contribution in [3.63, 3.8) is 0 Å². The molecule has 2 aliphatic rings. The molecule has 4 unspecified atom stereocenters. The summed E-state index contributed by atoms with van der Waals surface area (Å²) in [6.07, 6.45) is 6.77. The maximum absolute atomic E-state index is 6.26. The van der Waals surface area contributed by atoms with Crippen LogP contribution in [-0.2, 0) is 9.47 Å². The molecular formula is C17H34N2O2. The highest BCUT2D eigenvalue weighted by atomic mass is 16.5. The predicted octanol–water partition coefficient (Wildman–Crippen LogP) is 2.27. The van der Waals surface area contributed by atoms with Gasteiger partial charge in [0.05, 0.1) is 12.2 Å². The van der Waals surface area contributed by atoms with Crippen LogP contribution in [0.2, 0.25) is 0 Å². The minimum Gasteiger partial charge on any atom is -0.377 e. The van der Waals surface area contributed by atoms with Crippen molar-refractivity contribution in [2.45, 2.75) is 63.7 Å². The number of ether oxygens (including phenoxy) is 2. The minimum atomic E-state index is 0.160. The molecule has 0 spiro atoms. The smallest absolute Gasteiger partial charge is 0.0972 e. The largest absolute Gasteiger partial charge is 0.377 e. The molecule has 4 heteroatoms. The minimum absolute atomic E-state index is 0.160. The normalized spacial score (nSPS) is 38.9. The molecule has 0 aromatic rings. The van der Waals surface area contributed by atoms with Crippen LogP contribution in [0.3, 0.4) is 0 Å². The molecule has 2 rings (SSSR count). The summed E-state index contributed by atoms with van der Waals surface area (Å²) in [6.45, 7) is 7.39. The van der Waals surface area contributed by atoms with Crippen molar-refractivity contribution in [1.29, 1.82) is 0 Å². The first-order chi connectivity index (χ1) is 10.1. The van der Waals surface area contributed by atoms with Crippen molar-refractivity contribution in [3.8, 4) is 0 Å². The van der Waals surface area contributed by atoms with Gasteiger partial charge in [-0.15, -0.1) is 0 Å². The van der Waals surface area contributed by atoms with Crippen LogP contribution in [0.4, 0.5) is 0 Å². The Balaban J connectivity index is 2.07. The van der Waals surface area contributed by atoms with Crippen LogP contribution in [0, 0.1) is 11.8 Å². The van der Waals surface area contributed by atoms with Gasteiger partial charge in [0.25, 0.3) is 0 Å². The Bertz CT molecular complexity index is 312. The number of likely N-dealkylation sites (tertiary alicyclic amines) is 1. The molecule has 0 aromatic heterocycles. The van der Waals surface area contributed by atoms with E-state index in [0.717, 1.165) is 31.5 Å². The molecule has 1 aliphatic heterocycles. The monoisotopic (exact) mass is 298 g/mol. The molecule has 0 aromatic carbocycles. The van der Waals surface area contributed by atoms with E-state index in [-0.39, 0.29) is 17.7 Å². The number of rotatable bonds is 5. The van der Waals surface area contributed by atoms with E-state index in [1.54, 1.807) is 14.2 Å². The lowest BCUT2D eigenvalue weighted by atomic mass is 9.85. The van der Waals surface area contributed by atoms with Gasteiger partial charge in [0.15, 0.2) is 0 Å². The molecule has 1 saturated heterocycles. The van der Waals surface area contributed by atoms with Crippen molar-refractivity contribution in [2.24, 2.45) is 17.6 Å². The van der Waals surface area contributed by atoms with Gasteiger partial charge in [-0.05, 0) is 31.1 Å². The summed E-state index contributed by atoms with van der Waals surface area (Å²) in [5.41, 5.74) is 6.42. The highest BCUT2D eigenvalue weighted by Gasteiger charge is 2.44.